The summed E-state index contributed by atoms with van der Waals surface area (Å²) in [5.41, 5.74) is 12.4. The molecule has 0 aliphatic heterocycles. The van der Waals surface area contributed by atoms with Crippen LogP contribution in [0.15, 0.2) is 39.3 Å². The van der Waals surface area contributed by atoms with Crippen molar-refractivity contribution in [3.63, 3.8) is 0 Å². The van der Waals surface area contributed by atoms with Crippen LogP contribution in [0.25, 0.3) is 0 Å². The third-order valence-electron chi connectivity index (χ3n) is 3.38. The Hall–Kier alpha value is -0.640. The van der Waals surface area contributed by atoms with E-state index >= 15 is 0 Å². The van der Waals surface area contributed by atoms with Crippen molar-refractivity contribution in [3.8, 4) is 0 Å². The van der Waals surface area contributed by atoms with Crippen LogP contribution >= 0.6 is 31.9 Å². The van der Waals surface area contributed by atoms with Crippen LogP contribution in [-0.2, 0) is 0 Å². The summed E-state index contributed by atoms with van der Waals surface area (Å²) < 4.78 is 2.15. The highest BCUT2D eigenvalue weighted by molar-refractivity contribution is 9.11. The maximum absolute atomic E-state index is 6.45. The van der Waals surface area contributed by atoms with Gasteiger partial charge in [0.1, 0.15) is 0 Å². The summed E-state index contributed by atoms with van der Waals surface area (Å²) in [5.74, 6) is 0. The van der Waals surface area contributed by atoms with Crippen molar-refractivity contribution in [1.82, 2.24) is 0 Å². The smallest absolute Gasteiger partial charge is 0.0565 e. The molecule has 0 fully saturated rings. The monoisotopic (exact) mass is 381 g/mol. The van der Waals surface area contributed by atoms with Crippen molar-refractivity contribution >= 4 is 31.9 Å². The van der Waals surface area contributed by atoms with Gasteiger partial charge in [0.2, 0.25) is 0 Å². The fourth-order valence-electron chi connectivity index (χ4n) is 2.16. The average molecular weight is 383 g/mol. The van der Waals surface area contributed by atoms with Crippen LogP contribution in [0.1, 0.15) is 33.9 Å². The average Bonchev–Trinajstić information content (AvgIpc) is 2.36. The zero-order chi connectivity index (χ0) is 14.2. The molecule has 0 amide bonds. The van der Waals surface area contributed by atoms with Crippen LogP contribution in [-0.4, -0.2) is 0 Å². The number of hydrogen-bond acceptors (Lipinski definition) is 1. The molecule has 19 heavy (non-hydrogen) atoms. The largest absolute Gasteiger partial charge is 0.320 e. The van der Waals surface area contributed by atoms with Crippen LogP contribution < -0.4 is 5.73 Å². The van der Waals surface area contributed by atoms with Gasteiger partial charge in [-0.2, -0.15) is 0 Å². The van der Waals surface area contributed by atoms with Crippen LogP contribution in [0.3, 0.4) is 0 Å². The van der Waals surface area contributed by atoms with Crippen molar-refractivity contribution < 1.29 is 0 Å². The van der Waals surface area contributed by atoms with Crippen molar-refractivity contribution in [1.29, 1.82) is 0 Å². The first-order chi connectivity index (χ1) is 8.90. The zero-order valence-electron chi connectivity index (χ0n) is 11.3. The minimum absolute atomic E-state index is 0.119. The second kappa shape index (κ2) is 5.78. The number of rotatable bonds is 2. The maximum Gasteiger partial charge on any atom is 0.0565 e. The van der Waals surface area contributed by atoms with Crippen LogP contribution in [0, 0.1) is 20.8 Å². The highest BCUT2D eigenvalue weighted by Crippen LogP contribution is 2.33. The molecular formula is C16H17Br2N. The highest BCUT2D eigenvalue weighted by atomic mass is 79.9. The Morgan fingerprint density at radius 2 is 1.53 bits per heavy atom. The lowest BCUT2D eigenvalue weighted by atomic mass is 9.94. The molecule has 3 heteroatoms. The second-order valence-electron chi connectivity index (χ2n) is 4.96. The molecule has 2 N–H and O–H groups in total. The van der Waals surface area contributed by atoms with Gasteiger partial charge in [0.15, 0.2) is 0 Å². The van der Waals surface area contributed by atoms with E-state index in [0.717, 1.165) is 14.5 Å². The van der Waals surface area contributed by atoms with Crippen LogP contribution in [0.4, 0.5) is 0 Å². The Kier molecular flexibility index (Phi) is 4.49. The Labute approximate surface area is 131 Å². The minimum atomic E-state index is -0.119. The molecule has 0 spiro atoms. The quantitative estimate of drug-likeness (QED) is 0.760. The van der Waals surface area contributed by atoms with Gasteiger partial charge in [0, 0.05) is 8.95 Å². The standard InChI is InChI=1S/C16H17Br2N/c1-9-4-5-10(2)12(6-9)16(19)13-8-14(17)11(3)7-15(13)18/h4-8,16H,19H2,1-3H3. The summed E-state index contributed by atoms with van der Waals surface area (Å²) in [5, 5.41) is 0. The molecule has 1 atom stereocenters. The molecule has 0 radical (unpaired) electrons. The van der Waals surface area contributed by atoms with E-state index in [9.17, 15) is 0 Å². The van der Waals surface area contributed by atoms with Crippen molar-refractivity contribution in [2.45, 2.75) is 26.8 Å². The van der Waals surface area contributed by atoms with Gasteiger partial charge in [0.25, 0.3) is 0 Å². The first-order valence-corrected chi connectivity index (χ1v) is 7.77. The number of nitrogens with two attached hydrogens (primary N) is 1. The molecule has 1 unspecified atom stereocenters. The molecule has 0 saturated carbocycles. The van der Waals surface area contributed by atoms with Crippen molar-refractivity contribution in [3.05, 3.63) is 67.1 Å². The van der Waals surface area contributed by atoms with E-state index in [1.165, 1.54) is 22.3 Å². The van der Waals surface area contributed by atoms with Crippen molar-refractivity contribution in [2.24, 2.45) is 5.73 Å². The molecule has 0 bridgehead atoms. The SMILES string of the molecule is Cc1ccc(C)c(C(N)c2cc(Br)c(C)cc2Br)c1. The molecule has 0 aromatic heterocycles. The normalized spacial score (nSPS) is 12.5. The van der Waals surface area contributed by atoms with Crippen LogP contribution in [0.5, 0.6) is 0 Å². The van der Waals surface area contributed by atoms with Gasteiger partial charge in [-0.1, -0.05) is 55.6 Å². The maximum atomic E-state index is 6.45. The second-order valence-corrected chi connectivity index (χ2v) is 6.67. The number of halogens is 2. The summed E-state index contributed by atoms with van der Waals surface area (Å²) in [6.45, 7) is 6.27. The molecule has 0 heterocycles. The van der Waals surface area contributed by atoms with Gasteiger partial charge < -0.3 is 5.73 Å². The lowest BCUT2D eigenvalue weighted by Crippen LogP contribution is -2.14. The summed E-state index contributed by atoms with van der Waals surface area (Å²) in [7, 11) is 0. The molecule has 100 valence electrons. The predicted molar refractivity (Wildman–Crippen MR) is 88.5 cm³/mol. The van der Waals surface area contributed by atoms with E-state index in [4.69, 9.17) is 5.73 Å². The molecule has 2 rings (SSSR count). The summed E-state index contributed by atoms with van der Waals surface area (Å²) >= 11 is 7.20. The molecule has 2 aromatic carbocycles. The minimum Gasteiger partial charge on any atom is -0.320 e. The van der Waals surface area contributed by atoms with E-state index in [-0.39, 0.29) is 6.04 Å². The Morgan fingerprint density at radius 1 is 0.842 bits per heavy atom. The van der Waals surface area contributed by atoms with Gasteiger partial charge in [-0.25, -0.2) is 0 Å². The fraction of sp³-hybridized carbons (Fsp3) is 0.250. The lowest BCUT2D eigenvalue weighted by Gasteiger charge is -2.18. The third-order valence-corrected chi connectivity index (χ3v) is 4.92. The topological polar surface area (TPSA) is 26.0 Å². The summed E-state index contributed by atoms with van der Waals surface area (Å²) in [4.78, 5) is 0. The predicted octanol–water partition coefficient (Wildman–Crippen LogP) is 5.18. The van der Waals surface area contributed by atoms with E-state index in [1.807, 2.05) is 0 Å². The molecule has 0 aliphatic carbocycles. The Morgan fingerprint density at radius 3 is 2.21 bits per heavy atom. The molecule has 0 saturated heterocycles. The molecule has 2 aromatic rings. The Balaban J connectivity index is 2.52. The highest BCUT2D eigenvalue weighted by Gasteiger charge is 2.16. The zero-order valence-corrected chi connectivity index (χ0v) is 14.5. The van der Waals surface area contributed by atoms with Crippen molar-refractivity contribution in [2.75, 3.05) is 0 Å². The first-order valence-electron chi connectivity index (χ1n) is 6.18. The molecule has 0 aliphatic rings. The lowest BCUT2D eigenvalue weighted by molar-refractivity contribution is 0.852. The first kappa shape index (κ1) is 14.8. The summed E-state index contributed by atoms with van der Waals surface area (Å²) in [6.07, 6.45) is 0. The van der Waals surface area contributed by atoms with Gasteiger partial charge in [-0.05, 0) is 55.2 Å². The van der Waals surface area contributed by atoms with Crippen LogP contribution in [0.2, 0.25) is 0 Å². The number of benzene rings is 2. The number of hydrogen-bond donors (Lipinski definition) is 1. The Bertz CT molecular complexity index is 620. The van der Waals surface area contributed by atoms with Gasteiger partial charge >= 0.3 is 0 Å². The molecule has 1 nitrogen and oxygen atoms in total. The van der Waals surface area contributed by atoms with E-state index in [2.05, 4.69) is 83.0 Å². The van der Waals surface area contributed by atoms with E-state index < -0.39 is 0 Å². The van der Waals surface area contributed by atoms with E-state index in [0.29, 0.717) is 0 Å². The van der Waals surface area contributed by atoms with Gasteiger partial charge in [-0.15, -0.1) is 0 Å². The van der Waals surface area contributed by atoms with E-state index in [1.54, 1.807) is 0 Å². The molecular weight excluding hydrogens is 366 g/mol. The number of aryl methyl sites for hydroxylation is 3. The third kappa shape index (κ3) is 3.10. The van der Waals surface area contributed by atoms with Gasteiger partial charge in [-0.3, -0.25) is 0 Å². The fourth-order valence-corrected chi connectivity index (χ4v) is 3.23. The summed E-state index contributed by atoms with van der Waals surface area (Å²) in [6, 6.07) is 10.5. The van der Waals surface area contributed by atoms with Gasteiger partial charge in [0.05, 0.1) is 6.04 Å².